The van der Waals surface area contributed by atoms with E-state index in [-0.39, 0.29) is 17.8 Å². The minimum Gasteiger partial charge on any atom is -0.487 e. The molecule has 1 fully saturated rings. The molecule has 3 aromatic rings. The Labute approximate surface area is 193 Å². The monoisotopic (exact) mass is 448 g/mol. The van der Waals surface area contributed by atoms with Crippen molar-refractivity contribution in [1.82, 2.24) is 10.3 Å². The zero-order valence-electron chi connectivity index (χ0n) is 18.5. The molecule has 1 heterocycles. The van der Waals surface area contributed by atoms with Gasteiger partial charge in [-0.15, -0.1) is 0 Å². The van der Waals surface area contributed by atoms with Crippen molar-refractivity contribution in [2.45, 2.75) is 56.8 Å². The lowest BCUT2D eigenvalue weighted by atomic mass is 9.80. The number of halogens is 1. The van der Waals surface area contributed by atoms with Gasteiger partial charge in [-0.1, -0.05) is 42.5 Å². The summed E-state index contributed by atoms with van der Waals surface area (Å²) in [4.78, 5) is 16.8. The summed E-state index contributed by atoms with van der Waals surface area (Å²) in [7, 11) is 0. The molecule has 2 N–H and O–H groups in total. The van der Waals surface area contributed by atoms with Gasteiger partial charge in [0, 0.05) is 12.5 Å². The van der Waals surface area contributed by atoms with Gasteiger partial charge < -0.3 is 15.2 Å². The third-order valence-corrected chi connectivity index (χ3v) is 6.19. The number of carbonyl (C=O) groups is 1. The van der Waals surface area contributed by atoms with Gasteiger partial charge >= 0.3 is 0 Å². The topological polar surface area (TPSA) is 71.5 Å². The molecule has 5 nitrogen and oxygen atoms in total. The molecule has 6 heteroatoms. The minimum absolute atomic E-state index is 0.0205. The number of amides is 1. The number of aryl methyl sites for hydroxylation is 1. The molecule has 2 aromatic carbocycles. The smallest absolute Gasteiger partial charge is 0.220 e. The van der Waals surface area contributed by atoms with E-state index in [0.717, 1.165) is 11.1 Å². The molecule has 1 aliphatic rings. The van der Waals surface area contributed by atoms with Crippen molar-refractivity contribution in [2.24, 2.45) is 0 Å². The van der Waals surface area contributed by atoms with Crippen LogP contribution in [-0.2, 0) is 23.4 Å². The van der Waals surface area contributed by atoms with Crippen LogP contribution in [0, 0.1) is 5.82 Å². The first-order valence-electron chi connectivity index (χ1n) is 11.4. The van der Waals surface area contributed by atoms with Gasteiger partial charge in [0.25, 0.3) is 0 Å². The van der Waals surface area contributed by atoms with E-state index in [1.54, 1.807) is 18.3 Å². The van der Waals surface area contributed by atoms with Crippen LogP contribution in [0.3, 0.4) is 0 Å². The molecular weight excluding hydrogens is 419 g/mol. The van der Waals surface area contributed by atoms with Crippen LogP contribution in [-0.4, -0.2) is 22.0 Å². The van der Waals surface area contributed by atoms with Crippen LogP contribution in [0.1, 0.15) is 48.9 Å². The van der Waals surface area contributed by atoms with Crippen LogP contribution >= 0.6 is 0 Å². The zero-order chi connectivity index (χ0) is 23.1. The maximum absolute atomic E-state index is 13.0. The average Bonchev–Trinajstić information content (AvgIpc) is 2.85. The fourth-order valence-corrected chi connectivity index (χ4v) is 4.19. The highest BCUT2D eigenvalue weighted by Gasteiger charge is 2.36. The van der Waals surface area contributed by atoms with E-state index in [4.69, 9.17) is 4.74 Å². The Kier molecular flexibility index (Phi) is 7.35. The Balaban J connectivity index is 1.23. The Hall–Kier alpha value is -3.25. The number of carbonyl (C=O) groups excluding carboxylic acids is 1. The normalized spacial score (nSPS) is 20.2. The molecule has 172 valence electrons. The van der Waals surface area contributed by atoms with Gasteiger partial charge in [0.05, 0.1) is 11.9 Å². The molecule has 0 atom stereocenters. The number of hydrogen-bond donors (Lipinski definition) is 2. The Morgan fingerprint density at radius 1 is 1.03 bits per heavy atom. The lowest BCUT2D eigenvalue weighted by Gasteiger charge is -2.36. The molecule has 4 rings (SSSR count). The van der Waals surface area contributed by atoms with Crippen molar-refractivity contribution in [3.05, 3.63) is 95.6 Å². The standard InChI is InChI=1S/C27H29FN2O3/c28-22-9-6-20(7-10-22)8-13-26(31)30-23-14-16-27(32,17-15-23)25-12-11-24(18-29-25)33-19-21-4-2-1-3-5-21/h1-7,9-12,18,23,32H,8,13-17,19H2,(H,30,31)/t23-,27-. The molecule has 0 aliphatic heterocycles. The predicted octanol–water partition coefficient (Wildman–Crippen LogP) is 4.68. The van der Waals surface area contributed by atoms with Crippen LogP contribution in [0.4, 0.5) is 4.39 Å². The third kappa shape index (κ3) is 6.39. The number of nitrogens with zero attached hydrogens (tertiary/aromatic N) is 1. The second kappa shape index (κ2) is 10.6. The van der Waals surface area contributed by atoms with Gasteiger partial charge in [0.15, 0.2) is 0 Å². The molecule has 1 saturated carbocycles. The summed E-state index contributed by atoms with van der Waals surface area (Å²) in [5.41, 5.74) is 1.66. The second-order valence-electron chi connectivity index (χ2n) is 8.65. The predicted molar refractivity (Wildman–Crippen MR) is 124 cm³/mol. The van der Waals surface area contributed by atoms with Gasteiger partial charge in [-0.05, 0) is 67.5 Å². The molecule has 0 saturated heterocycles. The zero-order valence-corrected chi connectivity index (χ0v) is 18.5. The lowest BCUT2D eigenvalue weighted by Crippen LogP contribution is -2.42. The molecule has 0 unspecified atom stereocenters. The van der Waals surface area contributed by atoms with Crippen LogP contribution in [0.2, 0.25) is 0 Å². The minimum atomic E-state index is -0.993. The second-order valence-corrected chi connectivity index (χ2v) is 8.65. The van der Waals surface area contributed by atoms with E-state index in [0.29, 0.717) is 56.6 Å². The van der Waals surface area contributed by atoms with E-state index in [9.17, 15) is 14.3 Å². The van der Waals surface area contributed by atoms with Crippen molar-refractivity contribution in [1.29, 1.82) is 0 Å². The van der Waals surface area contributed by atoms with E-state index in [2.05, 4.69) is 10.3 Å². The lowest BCUT2D eigenvalue weighted by molar-refractivity contribution is -0.122. The number of hydrogen-bond acceptors (Lipinski definition) is 4. The summed E-state index contributed by atoms with van der Waals surface area (Å²) in [6.45, 7) is 0.467. The van der Waals surface area contributed by atoms with Crippen molar-refractivity contribution >= 4 is 5.91 Å². The Morgan fingerprint density at radius 2 is 1.76 bits per heavy atom. The highest BCUT2D eigenvalue weighted by atomic mass is 19.1. The molecule has 1 aromatic heterocycles. The molecule has 0 spiro atoms. The van der Waals surface area contributed by atoms with E-state index in [1.165, 1.54) is 12.1 Å². The first-order valence-corrected chi connectivity index (χ1v) is 11.4. The molecular formula is C27H29FN2O3. The SMILES string of the molecule is O=C(CCc1ccc(F)cc1)N[C@H]1CC[C@@](O)(c2ccc(OCc3ccccc3)cn2)CC1. The number of benzene rings is 2. The highest BCUT2D eigenvalue weighted by Crippen LogP contribution is 2.36. The van der Waals surface area contributed by atoms with E-state index >= 15 is 0 Å². The van der Waals surface area contributed by atoms with Gasteiger partial charge in [-0.25, -0.2) is 4.39 Å². The van der Waals surface area contributed by atoms with Crippen LogP contribution in [0.15, 0.2) is 72.9 Å². The maximum atomic E-state index is 13.0. The number of nitrogens with one attached hydrogen (secondary N) is 1. The van der Waals surface area contributed by atoms with Gasteiger partial charge in [0.1, 0.15) is 23.8 Å². The molecule has 1 aliphatic carbocycles. The van der Waals surface area contributed by atoms with Gasteiger partial charge in [-0.3, -0.25) is 9.78 Å². The summed E-state index contributed by atoms with van der Waals surface area (Å²) < 4.78 is 18.8. The third-order valence-electron chi connectivity index (χ3n) is 6.19. The fraction of sp³-hybridized carbons (Fsp3) is 0.333. The van der Waals surface area contributed by atoms with Crippen molar-refractivity contribution in [2.75, 3.05) is 0 Å². The van der Waals surface area contributed by atoms with E-state index in [1.807, 2.05) is 42.5 Å². The number of pyridine rings is 1. The summed E-state index contributed by atoms with van der Waals surface area (Å²) in [5.74, 6) is 0.364. The molecule has 0 bridgehead atoms. The number of aliphatic hydroxyl groups is 1. The number of rotatable bonds is 8. The van der Waals surface area contributed by atoms with Crippen molar-refractivity contribution in [3.8, 4) is 5.75 Å². The molecule has 0 radical (unpaired) electrons. The maximum Gasteiger partial charge on any atom is 0.220 e. The van der Waals surface area contributed by atoms with Gasteiger partial charge in [-0.2, -0.15) is 0 Å². The first kappa shape index (κ1) is 22.9. The summed E-state index contributed by atoms with van der Waals surface area (Å²) in [6.07, 6.45) is 5.03. The highest BCUT2D eigenvalue weighted by molar-refractivity contribution is 5.76. The van der Waals surface area contributed by atoms with Crippen molar-refractivity contribution in [3.63, 3.8) is 0 Å². The van der Waals surface area contributed by atoms with Crippen molar-refractivity contribution < 1.29 is 19.0 Å². The number of ether oxygens (including phenoxy) is 1. The molecule has 1 amide bonds. The van der Waals surface area contributed by atoms with Crippen LogP contribution in [0.5, 0.6) is 5.75 Å². The number of aromatic nitrogens is 1. The summed E-state index contributed by atoms with van der Waals surface area (Å²) >= 11 is 0. The summed E-state index contributed by atoms with van der Waals surface area (Å²) in [5, 5.41) is 14.2. The van der Waals surface area contributed by atoms with Crippen LogP contribution < -0.4 is 10.1 Å². The van der Waals surface area contributed by atoms with Gasteiger partial charge in [0.2, 0.25) is 5.91 Å². The fourth-order valence-electron chi connectivity index (χ4n) is 4.19. The summed E-state index contributed by atoms with van der Waals surface area (Å²) in [6, 6.07) is 19.8. The Morgan fingerprint density at radius 3 is 2.42 bits per heavy atom. The largest absolute Gasteiger partial charge is 0.487 e. The quantitative estimate of drug-likeness (QED) is 0.525. The molecule has 33 heavy (non-hydrogen) atoms. The average molecular weight is 449 g/mol. The Bertz CT molecular complexity index is 1030. The van der Waals surface area contributed by atoms with Crippen LogP contribution in [0.25, 0.3) is 0 Å². The van der Waals surface area contributed by atoms with E-state index < -0.39 is 5.60 Å². The first-order chi connectivity index (χ1) is 16.0.